The van der Waals surface area contributed by atoms with Crippen molar-refractivity contribution in [1.29, 1.82) is 0 Å². The summed E-state index contributed by atoms with van der Waals surface area (Å²) in [6.45, 7) is 8.35. The van der Waals surface area contributed by atoms with Gasteiger partial charge < -0.3 is 5.73 Å². The fraction of sp³-hybridized carbons (Fsp3) is 0.556. The molecule has 3 rings (SSSR count). The van der Waals surface area contributed by atoms with Gasteiger partial charge in [0.25, 0.3) is 0 Å². The number of nitrogens with two attached hydrogens (primary N) is 1. The van der Waals surface area contributed by atoms with Crippen LogP contribution in [0.4, 0.5) is 0 Å². The van der Waals surface area contributed by atoms with Gasteiger partial charge >= 0.3 is 0 Å². The molecule has 124 valence electrons. The van der Waals surface area contributed by atoms with E-state index in [0.717, 1.165) is 43.5 Å². The lowest BCUT2D eigenvalue weighted by atomic mass is 9.94. The number of rotatable bonds is 5. The summed E-state index contributed by atoms with van der Waals surface area (Å²) in [6.07, 6.45) is 5.55. The van der Waals surface area contributed by atoms with Gasteiger partial charge in [-0.1, -0.05) is 6.07 Å². The summed E-state index contributed by atoms with van der Waals surface area (Å²) in [5, 5.41) is 4.71. The molecule has 0 amide bonds. The quantitative estimate of drug-likeness (QED) is 0.921. The first kappa shape index (κ1) is 16.1. The van der Waals surface area contributed by atoms with Crippen molar-refractivity contribution in [3.8, 4) is 5.82 Å². The van der Waals surface area contributed by atoms with Gasteiger partial charge in [0, 0.05) is 30.5 Å². The van der Waals surface area contributed by atoms with Gasteiger partial charge in [-0.2, -0.15) is 5.10 Å². The number of pyridine rings is 1. The summed E-state index contributed by atoms with van der Waals surface area (Å²) in [7, 11) is 0. The molecule has 2 N–H and O–H groups in total. The van der Waals surface area contributed by atoms with Crippen molar-refractivity contribution in [3.05, 3.63) is 41.3 Å². The normalized spacial score (nSPS) is 19.2. The third kappa shape index (κ3) is 3.62. The second-order valence-corrected chi connectivity index (χ2v) is 6.57. The van der Waals surface area contributed by atoms with Crippen LogP contribution in [0.15, 0.2) is 24.4 Å². The van der Waals surface area contributed by atoms with Gasteiger partial charge in [0.1, 0.15) is 0 Å². The highest BCUT2D eigenvalue weighted by atomic mass is 15.3. The molecule has 1 aliphatic heterocycles. The Morgan fingerprint density at radius 3 is 2.91 bits per heavy atom. The lowest BCUT2D eigenvalue weighted by Gasteiger charge is -2.32. The molecule has 0 aliphatic carbocycles. The first-order valence-corrected chi connectivity index (χ1v) is 8.58. The van der Waals surface area contributed by atoms with Crippen LogP contribution in [0.2, 0.25) is 0 Å². The molecule has 0 bridgehead atoms. The molecule has 0 spiro atoms. The second kappa shape index (κ2) is 7.23. The molecule has 1 atom stereocenters. The summed E-state index contributed by atoms with van der Waals surface area (Å²) in [6, 6.07) is 5.93. The maximum atomic E-state index is 5.73. The second-order valence-electron chi connectivity index (χ2n) is 6.57. The summed E-state index contributed by atoms with van der Waals surface area (Å²) in [5.74, 6) is 1.64. The van der Waals surface area contributed by atoms with Crippen molar-refractivity contribution < 1.29 is 0 Å². The Morgan fingerprint density at radius 1 is 1.30 bits per heavy atom. The molecule has 0 radical (unpaired) electrons. The van der Waals surface area contributed by atoms with Crippen LogP contribution < -0.4 is 5.73 Å². The SMILES string of the molecule is Cc1nn(-c2ccccn2)c(C)c1CN1CCCC(CCN)C1. The van der Waals surface area contributed by atoms with Crippen LogP contribution in [0.3, 0.4) is 0 Å². The molecule has 2 aromatic rings. The highest BCUT2D eigenvalue weighted by Crippen LogP contribution is 2.24. The summed E-state index contributed by atoms with van der Waals surface area (Å²) >= 11 is 0. The number of piperidine rings is 1. The molecule has 1 fully saturated rings. The van der Waals surface area contributed by atoms with E-state index in [2.05, 4.69) is 23.7 Å². The van der Waals surface area contributed by atoms with Crippen molar-refractivity contribution in [3.63, 3.8) is 0 Å². The molecule has 0 aromatic carbocycles. The van der Waals surface area contributed by atoms with Crippen LogP contribution in [0.5, 0.6) is 0 Å². The zero-order valence-electron chi connectivity index (χ0n) is 14.2. The first-order chi connectivity index (χ1) is 11.2. The smallest absolute Gasteiger partial charge is 0.153 e. The van der Waals surface area contributed by atoms with E-state index in [1.165, 1.54) is 30.6 Å². The number of nitrogens with zero attached hydrogens (tertiary/aromatic N) is 4. The predicted octanol–water partition coefficient (Wildman–Crippen LogP) is 2.44. The van der Waals surface area contributed by atoms with Crippen molar-refractivity contribution in [2.75, 3.05) is 19.6 Å². The maximum Gasteiger partial charge on any atom is 0.153 e. The molecule has 3 heterocycles. The number of hydrogen-bond acceptors (Lipinski definition) is 4. The summed E-state index contributed by atoms with van der Waals surface area (Å²) in [5.41, 5.74) is 9.37. The molecule has 5 heteroatoms. The Balaban J connectivity index is 1.77. The fourth-order valence-corrected chi connectivity index (χ4v) is 3.60. The lowest BCUT2D eigenvalue weighted by Crippen LogP contribution is -2.35. The van der Waals surface area contributed by atoms with Gasteiger partial charge in [0.05, 0.1) is 5.69 Å². The molecule has 1 unspecified atom stereocenters. The Kier molecular flexibility index (Phi) is 5.08. The van der Waals surface area contributed by atoms with Crippen molar-refractivity contribution >= 4 is 0 Å². The molecule has 2 aromatic heterocycles. The maximum absolute atomic E-state index is 5.73. The van der Waals surface area contributed by atoms with Crippen LogP contribution >= 0.6 is 0 Å². The van der Waals surface area contributed by atoms with Gasteiger partial charge in [-0.25, -0.2) is 9.67 Å². The van der Waals surface area contributed by atoms with E-state index in [0.29, 0.717) is 0 Å². The van der Waals surface area contributed by atoms with Gasteiger partial charge in [0.15, 0.2) is 5.82 Å². The van der Waals surface area contributed by atoms with Gasteiger partial charge in [-0.15, -0.1) is 0 Å². The molecule has 23 heavy (non-hydrogen) atoms. The fourth-order valence-electron chi connectivity index (χ4n) is 3.60. The number of aromatic nitrogens is 3. The molecule has 5 nitrogen and oxygen atoms in total. The lowest BCUT2D eigenvalue weighted by molar-refractivity contribution is 0.162. The van der Waals surface area contributed by atoms with E-state index < -0.39 is 0 Å². The van der Waals surface area contributed by atoms with Gasteiger partial charge in [0.2, 0.25) is 0 Å². The minimum absolute atomic E-state index is 0.750. The Labute approximate surface area is 138 Å². The zero-order valence-corrected chi connectivity index (χ0v) is 14.2. The molecular formula is C18H27N5. The molecule has 0 saturated carbocycles. The topological polar surface area (TPSA) is 60.0 Å². The third-order valence-electron chi connectivity index (χ3n) is 4.87. The van der Waals surface area contributed by atoms with Gasteiger partial charge in [-0.05, 0) is 64.3 Å². The van der Waals surface area contributed by atoms with Crippen molar-refractivity contribution in [2.24, 2.45) is 11.7 Å². The van der Waals surface area contributed by atoms with Crippen LogP contribution in [-0.2, 0) is 6.54 Å². The predicted molar refractivity (Wildman–Crippen MR) is 92.5 cm³/mol. The largest absolute Gasteiger partial charge is 0.330 e. The molecule has 1 aliphatic rings. The van der Waals surface area contributed by atoms with Crippen LogP contribution in [0.25, 0.3) is 5.82 Å². The minimum atomic E-state index is 0.750. The average molecular weight is 313 g/mol. The van der Waals surface area contributed by atoms with Crippen molar-refractivity contribution in [1.82, 2.24) is 19.7 Å². The van der Waals surface area contributed by atoms with Gasteiger partial charge in [-0.3, -0.25) is 4.90 Å². The Hall–Kier alpha value is -1.72. The Bertz CT molecular complexity index is 632. The summed E-state index contributed by atoms with van der Waals surface area (Å²) < 4.78 is 1.96. The number of aryl methyl sites for hydroxylation is 1. The third-order valence-corrected chi connectivity index (χ3v) is 4.87. The Morgan fingerprint density at radius 2 is 2.17 bits per heavy atom. The van der Waals surface area contributed by atoms with E-state index in [1.54, 1.807) is 0 Å². The van der Waals surface area contributed by atoms with E-state index in [-0.39, 0.29) is 0 Å². The van der Waals surface area contributed by atoms with Crippen LogP contribution in [-0.4, -0.2) is 39.3 Å². The monoisotopic (exact) mass is 313 g/mol. The van der Waals surface area contributed by atoms with Crippen LogP contribution in [0, 0.1) is 19.8 Å². The van der Waals surface area contributed by atoms with E-state index >= 15 is 0 Å². The highest BCUT2D eigenvalue weighted by molar-refractivity contribution is 5.32. The summed E-state index contributed by atoms with van der Waals surface area (Å²) in [4.78, 5) is 6.98. The minimum Gasteiger partial charge on any atom is -0.330 e. The van der Waals surface area contributed by atoms with E-state index in [1.807, 2.05) is 29.1 Å². The average Bonchev–Trinajstić information content (AvgIpc) is 2.85. The van der Waals surface area contributed by atoms with E-state index in [9.17, 15) is 0 Å². The van der Waals surface area contributed by atoms with Crippen LogP contribution in [0.1, 0.15) is 36.2 Å². The zero-order chi connectivity index (χ0) is 16.2. The standard InChI is InChI=1S/C18H27N5/c1-14-17(13-22-11-5-6-16(12-22)8-9-19)15(2)23(21-14)18-7-3-4-10-20-18/h3-4,7,10,16H,5-6,8-9,11-13,19H2,1-2H3. The number of hydrogen-bond donors (Lipinski definition) is 1. The van der Waals surface area contributed by atoms with Crippen molar-refractivity contribution in [2.45, 2.75) is 39.7 Å². The number of likely N-dealkylation sites (tertiary alicyclic amines) is 1. The highest BCUT2D eigenvalue weighted by Gasteiger charge is 2.22. The molecule has 1 saturated heterocycles. The first-order valence-electron chi connectivity index (χ1n) is 8.58. The molecular weight excluding hydrogens is 286 g/mol. The van der Waals surface area contributed by atoms with E-state index in [4.69, 9.17) is 10.8 Å².